The lowest BCUT2D eigenvalue weighted by molar-refractivity contribution is -0.153. The Bertz CT molecular complexity index is 1360. The smallest absolute Gasteiger partial charge is 0.325 e. The summed E-state index contributed by atoms with van der Waals surface area (Å²) >= 11 is 0. The summed E-state index contributed by atoms with van der Waals surface area (Å²) in [5.74, 6) is -3.11. The van der Waals surface area contributed by atoms with Gasteiger partial charge in [0.15, 0.2) is 0 Å². The number of fused-ring (bicyclic) bond motifs is 2. The van der Waals surface area contributed by atoms with Gasteiger partial charge in [-0.05, 0) is 56.5 Å². The minimum absolute atomic E-state index is 0.0543. The third kappa shape index (κ3) is 4.00. The summed E-state index contributed by atoms with van der Waals surface area (Å²) in [6, 6.07) is 14.4. The van der Waals surface area contributed by atoms with Gasteiger partial charge in [0.25, 0.3) is 0 Å². The first kappa shape index (κ1) is 25.0. The molecule has 4 unspecified atom stereocenters. The number of nitrogens with zero attached hydrogens (tertiary/aromatic N) is 1. The molecule has 0 bridgehead atoms. The Morgan fingerprint density at radius 3 is 2.43 bits per heavy atom. The average Bonchev–Trinajstić information content (AvgIpc) is 3.50. The van der Waals surface area contributed by atoms with Gasteiger partial charge in [0.2, 0.25) is 11.8 Å². The molecule has 2 aliphatic rings. The number of carboxylic acid groups (broad SMARTS) is 1. The van der Waals surface area contributed by atoms with E-state index in [0.29, 0.717) is 12.4 Å². The maximum absolute atomic E-state index is 13.9. The Kier molecular flexibility index (Phi) is 6.10. The monoisotopic (exact) mass is 503 g/mol. The third-order valence-electron chi connectivity index (χ3n) is 7.56. The van der Waals surface area contributed by atoms with Crippen LogP contribution in [0.2, 0.25) is 0 Å². The highest BCUT2D eigenvalue weighted by Crippen LogP contribution is 2.51. The molecule has 2 saturated heterocycles. The lowest BCUT2D eigenvalue weighted by atomic mass is 9.76. The van der Waals surface area contributed by atoms with E-state index in [0.717, 1.165) is 28.5 Å². The number of hydrogen-bond donors (Lipinski definition) is 3. The molecule has 8 heteroatoms. The first-order chi connectivity index (χ1) is 17.6. The molecule has 194 valence electrons. The average molecular weight is 504 g/mol. The molecule has 2 fully saturated rings. The van der Waals surface area contributed by atoms with Crippen molar-refractivity contribution in [3.05, 3.63) is 65.9 Å². The predicted octanol–water partition coefficient (Wildman–Crippen LogP) is 4.07. The van der Waals surface area contributed by atoms with Gasteiger partial charge in [-0.15, -0.1) is 0 Å². The van der Waals surface area contributed by atoms with Crippen molar-refractivity contribution in [1.29, 1.82) is 0 Å². The van der Waals surface area contributed by atoms with E-state index < -0.39 is 40.8 Å². The molecule has 2 amide bonds. The number of carbonyl (C=O) groups is 3. The number of aromatic amines is 1. The number of carboxylic acids is 1. The molecule has 2 aliphatic heterocycles. The number of imide groups is 1. The minimum atomic E-state index is -1.66. The second-order valence-electron chi connectivity index (χ2n) is 11.0. The molecule has 8 nitrogen and oxygen atoms in total. The molecule has 3 N–H and O–H groups in total. The van der Waals surface area contributed by atoms with Crippen LogP contribution in [0.4, 0.5) is 0 Å². The molecule has 0 saturated carbocycles. The van der Waals surface area contributed by atoms with Crippen LogP contribution in [0.15, 0.2) is 54.7 Å². The van der Waals surface area contributed by atoms with Crippen LogP contribution in [0.3, 0.4) is 0 Å². The molecule has 3 heterocycles. The van der Waals surface area contributed by atoms with Crippen molar-refractivity contribution in [2.24, 2.45) is 11.8 Å². The summed E-state index contributed by atoms with van der Waals surface area (Å²) in [6.45, 7) is 8.02. The van der Waals surface area contributed by atoms with Crippen molar-refractivity contribution in [2.75, 3.05) is 6.61 Å². The zero-order valence-corrected chi connectivity index (χ0v) is 21.6. The van der Waals surface area contributed by atoms with Crippen LogP contribution < -0.4 is 10.1 Å². The van der Waals surface area contributed by atoms with Crippen LogP contribution in [-0.4, -0.2) is 50.5 Å². The van der Waals surface area contributed by atoms with E-state index in [1.165, 1.54) is 4.90 Å². The Labute approximate surface area is 216 Å². The maximum Gasteiger partial charge on any atom is 0.325 e. The first-order valence-corrected chi connectivity index (χ1v) is 12.7. The number of nitrogens with one attached hydrogen (secondary N) is 2. The number of aromatic nitrogens is 1. The number of aliphatic carboxylic acids is 1. The summed E-state index contributed by atoms with van der Waals surface area (Å²) < 4.78 is 5.70. The highest BCUT2D eigenvalue weighted by molar-refractivity contribution is 6.10. The van der Waals surface area contributed by atoms with Crippen molar-refractivity contribution < 1.29 is 24.2 Å². The number of H-pyrrole nitrogens is 1. The Morgan fingerprint density at radius 2 is 1.78 bits per heavy atom. The van der Waals surface area contributed by atoms with E-state index in [2.05, 4.69) is 10.3 Å². The fraction of sp³-hybridized carbons (Fsp3) is 0.414. The van der Waals surface area contributed by atoms with Crippen LogP contribution in [0.25, 0.3) is 10.9 Å². The lowest BCUT2D eigenvalue weighted by Crippen LogP contribution is -2.58. The van der Waals surface area contributed by atoms with Gasteiger partial charge in [0.1, 0.15) is 11.3 Å². The fourth-order valence-electron chi connectivity index (χ4n) is 5.96. The van der Waals surface area contributed by atoms with Crippen LogP contribution in [0.5, 0.6) is 5.75 Å². The maximum atomic E-state index is 13.9. The van der Waals surface area contributed by atoms with Gasteiger partial charge in [-0.3, -0.25) is 24.6 Å². The van der Waals surface area contributed by atoms with Crippen molar-refractivity contribution in [3.63, 3.8) is 0 Å². The van der Waals surface area contributed by atoms with Crippen LogP contribution in [-0.2, 0) is 20.8 Å². The molecular weight excluding hydrogens is 470 g/mol. The molecular formula is C29H33N3O5. The number of rotatable bonds is 7. The number of benzene rings is 2. The SMILES string of the molecule is CCCOc1ccc(C2NC(Cc3c[nH]c4ccccc34)(C(=O)O)C3C(=O)N(C(C)(C)C)C(=O)C23)cc1. The molecule has 1 aromatic heterocycles. The second kappa shape index (κ2) is 9.03. The number of likely N-dealkylation sites (tertiary alicyclic amines) is 1. The van der Waals surface area contributed by atoms with Gasteiger partial charge in [-0.2, -0.15) is 0 Å². The Hall–Kier alpha value is -3.65. The van der Waals surface area contributed by atoms with Gasteiger partial charge >= 0.3 is 5.97 Å². The Balaban J connectivity index is 1.61. The highest BCUT2D eigenvalue weighted by atomic mass is 16.5. The largest absolute Gasteiger partial charge is 0.494 e. The van der Waals surface area contributed by atoms with Gasteiger partial charge in [-0.1, -0.05) is 37.3 Å². The van der Waals surface area contributed by atoms with E-state index in [9.17, 15) is 19.5 Å². The van der Waals surface area contributed by atoms with E-state index in [-0.39, 0.29) is 12.3 Å². The van der Waals surface area contributed by atoms with Crippen LogP contribution in [0.1, 0.15) is 51.3 Å². The van der Waals surface area contributed by atoms with Crippen LogP contribution >= 0.6 is 0 Å². The summed E-state index contributed by atoms with van der Waals surface area (Å²) in [5.41, 5.74) is -0.0199. The van der Waals surface area contributed by atoms with Gasteiger partial charge in [0, 0.05) is 35.1 Å². The van der Waals surface area contributed by atoms with E-state index in [1.54, 1.807) is 27.0 Å². The summed E-state index contributed by atoms with van der Waals surface area (Å²) in [6.07, 6.45) is 2.73. The van der Waals surface area contributed by atoms with Crippen molar-refractivity contribution in [2.45, 2.75) is 57.7 Å². The highest BCUT2D eigenvalue weighted by Gasteiger charge is 2.69. The standard InChI is InChI=1S/C29H33N3O5/c1-5-14-37-19-12-10-17(11-13-19)24-22-23(26(34)32(25(22)33)28(2,3)4)29(31-24,27(35)36)15-18-16-30-21-9-7-6-8-20(18)21/h6-13,16,22-24,30-31H,5,14-15H2,1-4H3,(H,35,36). The third-order valence-corrected chi connectivity index (χ3v) is 7.56. The summed E-state index contributed by atoms with van der Waals surface area (Å²) in [5, 5.41) is 14.9. The number of para-hydroxylation sites is 1. The zero-order chi connectivity index (χ0) is 26.5. The first-order valence-electron chi connectivity index (χ1n) is 12.7. The normalized spacial score (nSPS) is 25.6. The fourth-order valence-corrected chi connectivity index (χ4v) is 5.96. The summed E-state index contributed by atoms with van der Waals surface area (Å²) in [7, 11) is 0. The van der Waals surface area contributed by atoms with Gasteiger partial charge in [0.05, 0.1) is 18.4 Å². The van der Waals surface area contributed by atoms with Crippen molar-refractivity contribution >= 4 is 28.7 Å². The minimum Gasteiger partial charge on any atom is -0.494 e. The lowest BCUT2D eigenvalue weighted by Gasteiger charge is -2.35. The molecule has 2 aromatic carbocycles. The number of amides is 2. The molecule has 0 aliphatic carbocycles. The van der Waals surface area contributed by atoms with E-state index in [1.807, 2.05) is 55.5 Å². The molecule has 5 rings (SSSR count). The molecule has 37 heavy (non-hydrogen) atoms. The molecule has 3 aromatic rings. The van der Waals surface area contributed by atoms with E-state index in [4.69, 9.17) is 4.74 Å². The molecule has 0 radical (unpaired) electrons. The topological polar surface area (TPSA) is 112 Å². The molecule has 0 spiro atoms. The van der Waals surface area contributed by atoms with Gasteiger partial charge < -0.3 is 14.8 Å². The number of carbonyl (C=O) groups excluding carboxylic acids is 2. The van der Waals surface area contributed by atoms with Gasteiger partial charge in [-0.25, -0.2) is 0 Å². The Morgan fingerprint density at radius 1 is 1.08 bits per heavy atom. The molecule has 4 atom stereocenters. The van der Waals surface area contributed by atoms with Crippen molar-refractivity contribution in [1.82, 2.24) is 15.2 Å². The van der Waals surface area contributed by atoms with Crippen LogP contribution in [0, 0.1) is 11.8 Å². The number of ether oxygens (including phenoxy) is 1. The second-order valence-corrected chi connectivity index (χ2v) is 11.0. The van der Waals surface area contributed by atoms with E-state index >= 15 is 0 Å². The quantitative estimate of drug-likeness (QED) is 0.419. The number of hydrogen-bond acceptors (Lipinski definition) is 5. The summed E-state index contributed by atoms with van der Waals surface area (Å²) in [4.78, 5) is 45.3. The predicted molar refractivity (Wildman–Crippen MR) is 139 cm³/mol. The van der Waals surface area contributed by atoms with Crippen molar-refractivity contribution in [3.8, 4) is 5.75 Å². The zero-order valence-electron chi connectivity index (χ0n) is 21.6.